The third kappa shape index (κ3) is 6.51. The molecule has 1 aliphatic heterocycles. The molecule has 1 aromatic carbocycles. The van der Waals surface area contributed by atoms with Crippen LogP contribution in [0.15, 0.2) is 24.3 Å². The standard InChI is InChI=1S/C20H31N3O/c1-2-3-4-7-17-24-20-10-6-5-9-19(20)18-23-15-13-22(14-16-23)12-8-11-21/h5-6,9-10H,2-4,7-8,12-18H2,1H3. The van der Waals surface area contributed by atoms with Gasteiger partial charge in [-0.25, -0.2) is 0 Å². The van der Waals surface area contributed by atoms with Crippen LogP contribution in [0.4, 0.5) is 0 Å². The number of nitriles is 1. The van der Waals surface area contributed by atoms with Gasteiger partial charge in [0.25, 0.3) is 0 Å². The van der Waals surface area contributed by atoms with Crippen LogP contribution in [0.1, 0.15) is 44.6 Å². The van der Waals surface area contributed by atoms with E-state index in [0.29, 0.717) is 6.42 Å². The summed E-state index contributed by atoms with van der Waals surface area (Å²) in [5.41, 5.74) is 1.29. The van der Waals surface area contributed by atoms with Gasteiger partial charge in [-0.1, -0.05) is 44.4 Å². The van der Waals surface area contributed by atoms with Crippen molar-refractivity contribution in [3.63, 3.8) is 0 Å². The van der Waals surface area contributed by atoms with Gasteiger partial charge in [0.2, 0.25) is 0 Å². The highest BCUT2D eigenvalue weighted by Gasteiger charge is 2.17. The fourth-order valence-electron chi connectivity index (χ4n) is 3.11. The van der Waals surface area contributed by atoms with E-state index in [4.69, 9.17) is 10.00 Å². The fraction of sp³-hybridized carbons (Fsp3) is 0.650. The van der Waals surface area contributed by atoms with Gasteiger partial charge in [0.05, 0.1) is 12.7 Å². The number of benzene rings is 1. The molecule has 0 N–H and O–H groups in total. The number of hydrogen-bond acceptors (Lipinski definition) is 4. The summed E-state index contributed by atoms with van der Waals surface area (Å²) in [4.78, 5) is 4.87. The first-order chi connectivity index (χ1) is 11.8. The monoisotopic (exact) mass is 329 g/mol. The van der Waals surface area contributed by atoms with Crippen molar-refractivity contribution in [3.8, 4) is 11.8 Å². The van der Waals surface area contributed by atoms with Crippen LogP contribution in [0.5, 0.6) is 5.75 Å². The number of rotatable bonds is 10. The van der Waals surface area contributed by atoms with Gasteiger partial charge in [-0.15, -0.1) is 0 Å². The van der Waals surface area contributed by atoms with E-state index in [1.165, 1.54) is 24.8 Å². The van der Waals surface area contributed by atoms with E-state index >= 15 is 0 Å². The van der Waals surface area contributed by atoms with Crippen molar-refractivity contribution in [1.29, 1.82) is 5.26 Å². The highest BCUT2D eigenvalue weighted by atomic mass is 16.5. The van der Waals surface area contributed by atoms with Crippen LogP contribution in [0.2, 0.25) is 0 Å². The summed E-state index contributed by atoms with van der Waals surface area (Å²) in [6.45, 7) is 9.16. The van der Waals surface area contributed by atoms with E-state index in [1.54, 1.807) is 0 Å². The summed E-state index contributed by atoms with van der Waals surface area (Å²) >= 11 is 0. The highest BCUT2D eigenvalue weighted by molar-refractivity contribution is 5.33. The smallest absolute Gasteiger partial charge is 0.123 e. The van der Waals surface area contributed by atoms with Crippen LogP contribution in [0, 0.1) is 11.3 Å². The van der Waals surface area contributed by atoms with E-state index in [2.05, 4.69) is 47.1 Å². The summed E-state index contributed by atoms with van der Waals surface area (Å²) in [5.74, 6) is 1.04. The largest absolute Gasteiger partial charge is 0.493 e. The maximum Gasteiger partial charge on any atom is 0.123 e. The Bertz CT molecular complexity index is 504. The average Bonchev–Trinajstić information content (AvgIpc) is 2.62. The first kappa shape index (κ1) is 18.8. The van der Waals surface area contributed by atoms with Crippen molar-refractivity contribution in [2.45, 2.75) is 45.6 Å². The lowest BCUT2D eigenvalue weighted by molar-refractivity contribution is 0.128. The highest BCUT2D eigenvalue weighted by Crippen LogP contribution is 2.21. The molecule has 0 bridgehead atoms. The Balaban J connectivity index is 1.77. The minimum absolute atomic E-state index is 0.634. The number of para-hydroxylation sites is 1. The zero-order valence-electron chi connectivity index (χ0n) is 15.0. The molecule has 0 radical (unpaired) electrons. The molecule has 0 unspecified atom stereocenters. The SMILES string of the molecule is CCCCCCOc1ccccc1CN1CCN(CCC#N)CC1. The molecule has 4 heteroatoms. The zero-order valence-corrected chi connectivity index (χ0v) is 15.0. The molecule has 0 spiro atoms. The van der Waals surface area contributed by atoms with Crippen molar-refractivity contribution < 1.29 is 4.74 Å². The third-order valence-corrected chi connectivity index (χ3v) is 4.63. The molecule has 1 aliphatic rings. The minimum Gasteiger partial charge on any atom is -0.493 e. The lowest BCUT2D eigenvalue weighted by Crippen LogP contribution is -2.46. The Hall–Kier alpha value is -1.57. The van der Waals surface area contributed by atoms with Gasteiger partial charge in [0.15, 0.2) is 0 Å². The first-order valence-electron chi connectivity index (χ1n) is 9.36. The molecular weight excluding hydrogens is 298 g/mol. The van der Waals surface area contributed by atoms with Crippen LogP contribution in [-0.4, -0.2) is 49.1 Å². The van der Waals surface area contributed by atoms with Crippen molar-refractivity contribution in [1.82, 2.24) is 9.80 Å². The van der Waals surface area contributed by atoms with Gasteiger partial charge in [-0.05, 0) is 12.5 Å². The molecule has 1 heterocycles. The van der Waals surface area contributed by atoms with Crippen LogP contribution < -0.4 is 4.74 Å². The molecule has 132 valence electrons. The predicted molar refractivity (Wildman–Crippen MR) is 98.0 cm³/mol. The number of ether oxygens (including phenoxy) is 1. The summed E-state index contributed by atoms with van der Waals surface area (Å²) in [6.07, 6.45) is 5.58. The van der Waals surface area contributed by atoms with E-state index in [9.17, 15) is 0 Å². The average molecular weight is 329 g/mol. The van der Waals surface area contributed by atoms with Crippen LogP contribution in [-0.2, 0) is 6.54 Å². The molecule has 0 saturated carbocycles. The maximum atomic E-state index is 8.69. The van der Waals surface area contributed by atoms with Gasteiger partial charge >= 0.3 is 0 Å². The van der Waals surface area contributed by atoms with Crippen LogP contribution in [0.25, 0.3) is 0 Å². The summed E-state index contributed by atoms with van der Waals surface area (Å²) in [6, 6.07) is 10.7. The Morgan fingerprint density at radius 2 is 1.79 bits per heavy atom. The molecule has 1 saturated heterocycles. The number of nitrogens with zero attached hydrogens (tertiary/aromatic N) is 3. The maximum absolute atomic E-state index is 8.69. The molecular formula is C20H31N3O. The minimum atomic E-state index is 0.634. The Kier molecular flexibility index (Phi) is 8.65. The van der Waals surface area contributed by atoms with Gasteiger partial charge in [-0.2, -0.15) is 5.26 Å². The van der Waals surface area contributed by atoms with Crippen molar-refractivity contribution >= 4 is 0 Å². The summed E-state index contributed by atoms with van der Waals surface area (Å²) in [7, 11) is 0. The van der Waals surface area contributed by atoms with Gasteiger partial charge in [0.1, 0.15) is 5.75 Å². The van der Waals surface area contributed by atoms with E-state index in [-0.39, 0.29) is 0 Å². The first-order valence-corrected chi connectivity index (χ1v) is 9.36. The van der Waals surface area contributed by atoms with Crippen LogP contribution >= 0.6 is 0 Å². The van der Waals surface area contributed by atoms with Crippen molar-refractivity contribution in [2.75, 3.05) is 39.3 Å². The second-order valence-electron chi connectivity index (χ2n) is 6.54. The van der Waals surface area contributed by atoms with E-state index < -0.39 is 0 Å². The zero-order chi connectivity index (χ0) is 17.0. The molecule has 4 nitrogen and oxygen atoms in total. The lowest BCUT2D eigenvalue weighted by atomic mass is 10.1. The molecule has 1 fully saturated rings. The number of unbranched alkanes of at least 4 members (excludes halogenated alkanes) is 3. The Morgan fingerprint density at radius 3 is 2.54 bits per heavy atom. The molecule has 0 amide bonds. The van der Waals surface area contributed by atoms with Gasteiger partial charge in [-0.3, -0.25) is 9.80 Å². The quantitative estimate of drug-likeness (QED) is 0.614. The molecule has 0 aliphatic carbocycles. The molecule has 0 aromatic heterocycles. The number of piperazine rings is 1. The Morgan fingerprint density at radius 1 is 1.04 bits per heavy atom. The second kappa shape index (κ2) is 11.1. The van der Waals surface area contributed by atoms with E-state index in [1.807, 2.05) is 0 Å². The summed E-state index contributed by atoms with van der Waals surface area (Å²) < 4.78 is 6.03. The van der Waals surface area contributed by atoms with E-state index in [0.717, 1.165) is 58.0 Å². The molecule has 2 rings (SSSR count). The molecule has 1 aromatic rings. The van der Waals surface area contributed by atoms with Crippen LogP contribution in [0.3, 0.4) is 0 Å². The number of hydrogen-bond donors (Lipinski definition) is 0. The van der Waals surface area contributed by atoms with Crippen molar-refractivity contribution in [2.24, 2.45) is 0 Å². The summed E-state index contributed by atoms with van der Waals surface area (Å²) in [5, 5.41) is 8.69. The third-order valence-electron chi connectivity index (χ3n) is 4.63. The normalized spacial score (nSPS) is 16.0. The van der Waals surface area contributed by atoms with Gasteiger partial charge in [0, 0.05) is 51.3 Å². The van der Waals surface area contributed by atoms with Crippen molar-refractivity contribution in [3.05, 3.63) is 29.8 Å². The second-order valence-corrected chi connectivity index (χ2v) is 6.54. The molecule has 24 heavy (non-hydrogen) atoms. The molecule has 0 atom stereocenters. The Labute approximate surface area is 147 Å². The lowest BCUT2D eigenvalue weighted by Gasteiger charge is -2.34. The topological polar surface area (TPSA) is 39.5 Å². The van der Waals surface area contributed by atoms with Gasteiger partial charge < -0.3 is 4.74 Å². The predicted octanol–water partition coefficient (Wildman–Crippen LogP) is 3.68. The fourth-order valence-corrected chi connectivity index (χ4v) is 3.11.